The van der Waals surface area contributed by atoms with Crippen molar-refractivity contribution in [2.45, 2.75) is 12.8 Å². The van der Waals surface area contributed by atoms with E-state index < -0.39 is 0 Å². The van der Waals surface area contributed by atoms with Crippen LogP contribution >= 0.6 is 0 Å². The molecule has 0 bridgehead atoms. The van der Waals surface area contributed by atoms with Crippen molar-refractivity contribution >= 4 is 5.91 Å². The van der Waals surface area contributed by atoms with Gasteiger partial charge in [-0.25, -0.2) is 0 Å². The van der Waals surface area contributed by atoms with Gasteiger partial charge in [0.15, 0.2) is 6.19 Å². The maximum Gasteiger partial charge on any atom is 0.233 e. The number of aryl methyl sites for hydroxylation is 1. The molecule has 0 aromatic carbocycles. The Hall–Kier alpha value is -1.89. The third-order valence-electron chi connectivity index (χ3n) is 1.56. The second kappa shape index (κ2) is 4.88. The Morgan fingerprint density at radius 2 is 2.54 bits per heavy atom. The second-order valence-corrected chi connectivity index (χ2v) is 2.52. The summed E-state index contributed by atoms with van der Waals surface area (Å²) < 4.78 is 0. The van der Waals surface area contributed by atoms with Crippen molar-refractivity contribution in [1.29, 1.82) is 5.26 Å². The first kappa shape index (κ1) is 9.20. The number of carbonyl (C=O) groups is 1. The number of amides is 1. The van der Waals surface area contributed by atoms with E-state index in [1.54, 1.807) is 18.6 Å². The third kappa shape index (κ3) is 3.34. The first-order valence-corrected chi connectivity index (χ1v) is 3.90. The van der Waals surface area contributed by atoms with Crippen LogP contribution in [0.2, 0.25) is 0 Å². The molecule has 0 aliphatic rings. The molecule has 4 nitrogen and oxygen atoms in total. The number of hydrogen-bond acceptors (Lipinski definition) is 3. The summed E-state index contributed by atoms with van der Waals surface area (Å²) in [6, 6.07) is 3.71. The zero-order valence-electron chi connectivity index (χ0n) is 7.03. The first-order valence-electron chi connectivity index (χ1n) is 3.90. The molecule has 0 fully saturated rings. The number of carbonyl (C=O) groups excluding carboxylic acids is 1. The fourth-order valence-corrected chi connectivity index (χ4v) is 0.929. The van der Waals surface area contributed by atoms with E-state index in [-0.39, 0.29) is 5.91 Å². The fourth-order valence-electron chi connectivity index (χ4n) is 0.929. The molecule has 1 amide bonds. The Labute approximate surface area is 76.2 Å². The molecule has 0 aliphatic carbocycles. The lowest BCUT2D eigenvalue weighted by atomic mass is 10.1. The Morgan fingerprint density at radius 1 is 1.69 bits per heavy atom. The molecule has 0 spiro atoms. The number of nitrogens with zero attached hydrogens (tertiary/aromatic N) is 2. The lowest BCUT2D eigenvalue weighted by Gasteiger charge is -1.97. The summed E-state index contributed by atoms with van der Waals surface area (Å²) in [6.07, 6.45) is 5.91. The molecular formula is C9H9N3O. The molecule has 13 heavy (non-hydrogen) atoms. The quantitative estimate of drug-likeness (QED) is 0.540. The maximum atomic E-state index is 10.9. The van der Waals surface area contributed by atoms with Crippen molar-refractivity contribution in [2.24, 2.45) is 0 Å². The Morgan fingerprint density at radius 3 is 3.15 bits per heavy atom. The van der Waals surface area contributed by atoms with Crippen LogP contribution in [-0.2, 0) is 11.2 Å². The van der Waals surface area contributed by atoms with Gasteiger partial charge in [-0.1, -0.05) is 6.07 Å². The van der Waals surface area contributed by atoms with E-state index in [4.69, 9.17) is 5.26 Å². The van der Waals surface area contributed by atoms with Crippen LogP contribution in [0.4, 0.5) is 0 Å². The van der Waals surface area contributed by atoms with Gasteiger partial charge < -0.3 is 0 Å². The SMILES string of the molecule is N#CNC(=O)CCc1cccnc1. The summed E-state index contributed by atoms with van der Waals surface area (Å²) in [5.74, 6) is -0.258. The van der Waals surface area contributed by atoms with Gasteiger partial charge in [0.05, 0.1) is 0 Å². The van der Waals surface area contributed by atoms with E-state index in [0.717, 1.165) is 5.56 Å². The lowest BCUT2D eigenvalue weighted by Crippen LogP contribution is -2.17. The van der Waals surface area contributed by atoms with E-state index in [0.29, 0.717) is 12.8 Å². The van der Waals surface area contributed by atoms with Gasteiger partial charge in [-0.3, -0.25) is 15.1 Å². The van der Waals surface area contributed by atoms with Gasteiger partial charge in [-0.2, -0.15) is 5.26 Å². The van der Waals surface area contributed by atoms with Crippen LogP contribution < -0.4 is 5.32 Å². The smallest absolute Gasteiger partial charge is 0.233 e. The molecule has 0 saturated heterocycles. The van der Waals surface area contributed by atoms with Crippen LogP contribution in [0.3, 0.4) is 0 Å². The number of nitrogens with one attached hydrogen (secondary N) is 1. The minimum absolute atomic E-state index is 0.258. The van der Waals surface area contributed by atoms with E-state index >= 15 is 0 Å². The molecule has 0 unspecified atom stereocenters. The number of rotatable bonds is 3. The van der Waals surface area contributed by atoms with E-state index in [1.165, 1.54) is 0 Å². The van der Waals surface area contributed by atoms with Crippen LogP contribution in [0.25, 0.3) is 0 Å². The fraction of sp³-hybridized carbons (Fsp3) is 0.222. The van der Waals surface area contributed by atoms with Gasteiger partial charge in [-0.15, -0.1) is 0 Å². The molecule has 1 heterocycles. The molecule has 0 radical (unpaired) electrons. The topological polar surface area (TPSA) is 65.8 Å². The van der Waals surface area contributed by atoms with Crippen molar-refractivity contribution < 1.29 is 4.79 Å². The molecule has 1 N–H and O–H groups in total. The summed E-state index contributed by atoms with van der Waals surface area (Å²) in [4.78, 5) is 14.8. The molecule has 4 heteroatoms. The normalized spacial score (nSPS) is 8.85. The van der Waals surface area contributed by atoms with Gasteiger partial charge in [0, 0.05) is 18.8 Å². The Bertz CT molecular complexity index is 315. The number of hydrogen-bond donors (Lipinski definition) is 1. The molecule has 0 atom stereocenters. The lowest BCUT2D eigenvalue weighted by molar-refractivity contribution is -0.119. The van der Waals surface area contributed by atoms with Crippen molar-refractivity contribution in [3.63, 3.8) is 0 Å². The van der Waals surface area contributed by atoms with E-state index in [1.807, 2.05) is 12.1 Å². The van der Waals surface area contributed by atoms with Crippen molar-refractivity contribution in [3.05, 3.63) is 30.1 Å². The molecular weight excluding hydrogens is 166 g/mol. The Kier molecular flexibility index (Phi) is 3.45. The van der Waals surface area contributed by atoms with E-state index in [2.05, 4.69) is 10.3 Å². The molecule has 1 aromatic rings. The predicted octanol–water partition coefficient (Wildman–Crippen LogP) is 0.611. The van der Waals surface area contributed by atoms with Gasteiger partial charge in [0.2, 0.25) is 5.91 Å². The van der Waals surface area contributed by atoms with Gasteiger partial charge in [-0.05, 0) is 18.1 Å². The zero-order chi connectivity index (χ0) is 9.52. The minimum atomic E-state index is -0.258. The first-order chi connectivity index (χ1) is 6.33. The van der Waals surface area contributed by atoms with Gasteiger partial charge in [0.1, 0.15) is 0 Å². The van der Waals surface area contributed by atoms with Crippen molar-refractivity contribution in [2.75, 3.05) is 0 Å². The zero-order valence-corrected chi connectivity index (χ0v) is 7.03. The summed E-state index contributed by atoms with van der Waals surface area (Å²) in [5.41, 5.74) is 0.996. The number of aromatic nitrogens is 1. The average Bonchev–Trinajstić information content (AvgIpc) is 2.17. The largest absolute Gasteiger partial charge is 0.274 e. The number of pyridine rings is 1. The maximum absolute atomic E-state index is 10.9. The number of nitriles is 1. The van der Waals surface area contributed by atoms with Crippen LogP contribution in [-0.4, -0.2) is 10.9 Å². The van der Waals surface area contributed by atoms with Crippen LogP contribution in [0, 0.1) is 11.5 Å². The van der Waals surface area contributed by atoms with Gasteiger partial charge in [0.25, 0.3) is 0 Å². The third-order valence-corrected chi connectivity index (χ3v) is 1.56. The predicted molar refractivity (Wildman–Crippen MR) is 46.3 cm³/mol. The summed E-state index contributed by atoms with van der Waals surface area (Å²) >= 11 is 0. The Balaban J connectivity index is 2.36. The molecule has 0 saturated carbocycles. The van der Waals surface area contributed by atoms with Crippen molar-refractivity contribution in [3.8, 4) is 6.19 Å². The highest BCUT2D eigenvalue weighted by Gasteiger charge is 1.99. The van der Waals surface area contributed by atoms with E-state index in [9.17, 15) is 4.79 Å². The molecule has 1 rings (SSSR count). The standard InChI is InChI=1S/C9H9N3O/c10-7-12-9(13)4-3-8-2-1-5-11-6-8/h1-2,5-6H,3-4H2,(H,12,13). The monoisotopic (exact) mass is 175 g/mol. The van der Waals surface area contributed by atoms with Crippen LogP contribution in [0.5, 0.6) is 0 Å². The highest BCUT2D eigenvalue weighted by molar-refractivity contribution is 5.77. The molecule has 66 valence electrons. The highest BCUT2D eigenvalue weighted by Crippen LogP contribution is 1.99. The van der Waals surface area contributed by atoms with Crippen LogP contribution in [0.1, 0.15) is 12.0 Å². The summed E-state index contributed by atoms with van der Waals surface area (Å²) in [7, 11) is 0. The molecule has 1 aromatic heterocycles. The van der Waals surface area contributed by atoms with Gasteiger partial charge >= 0.3 is 0 Å². The van der Waals surface area contributed by atoms with Crippen molar-refractivity contribution in [1.82, 2.24) is 10.3 Å². The average molecular weight is 175 g/mol. The highest BCUT2D eigenvalue weighted by atomic mass is 16.1. The summed E-state index contributed by atoms with van der Waals surface area (Å²) in [6.45, 7) is 0. The minimum Gasteiger partial charge on any atom is -0.274 e. The van der Waals surface area contributed by atoms with Crippen LogP contribution in [0.15, 0.2) is 24.5 Å². The molecule has 0 aliphatic heterocycles. The summed E-state index contributed by atoms with van der Waals surface area (Å²) in [5, 5.41) is 10.2. The second-order valence-electron chi connectivity index (χ2n) is 2.52.